The molecular weight excluding hydrogens is 295 g/mol. The van der Waals surface area contributed by atoms with Crippen LogP contribution in [0, 0.1) is 0 Å². The molecule has 0 saturated heterocycles. The molecule has 2 heterocycles. The maximum atomic E-state index is 13.0. The fourth-order valence-corrected chi connectivity index (χ4v) is 2.27. The molecule has 1 N–H and O–H groups in total. The van der Waals surface area contributed by atoms with Crippen molar-refractivity contribution in [1.82, 2.24) is 19.7 Å². The molecule has 0 spiro atoms. The summed E-state index contributed by atoms with van der Waals surface area (Å²) in [7, 11) is 1.71. The zero-order valence-corrected chi connectivity index (χ0v) is 11.6. The predicted molar refractivity (Wildman–Crippen MR) is 75.4 cm³/mol. The normalized spacial score (nSPS) is 11.8. The van der Waals surface area contributed by atoms with Crippen LogP contribution < -0.4 is 5.32 Å². The molecule has 0 unspecified atom stereocenters. The number of anilines is 1. The van der Waals surface area contributed by atoms with Gasteiger partial charge in [0, 0.05) is 13.2 Å². The molecule has 5 nitrogen and oxygen atoms in total. The summed E-state index contributed by atoms with van der Waals surface area (Å²) in [5.41, 5.74) is -0.0694. The van der Waals surface area contributed by atoms with Crippen molar-refractivity contribution >= 4 is 16.9 Å². The van der Waals surface area contributed by atoms with E-state index in [-0.39, 0.29) is 12.1 Å². The summed E-state index contributed by atoms with van der Waals surface area (Å²) in [4.78, 5) is 8.07. The van der Waals surface area contributed by atoms with Gasteiger partial charge in [0.15, 0.2) is 5.65 Å². The maximum Gasteiger partial charge on any atom is 0.416 e. The van der Waals surface area contributed by atoms with Gasteiger partial charge in [0.25, 0.3) is 0 Å². The Morgan fingerprint density at radius 2 is 1.95 bits per heavy atom. The average molecular weight is 307 g/mol. The molecule has 0 aliphatic carbocycles. The molecule has 0 aliphatic rings. The Bertz CT molecular complexity index is 810. The van der Waals surface area contributed by atoms with E-state index in [1.807, 2.05) is 0 Å². The summed E-state index contributed by atoms with van der Waals surface area (Å²) >= 11 is 0. The number of nitrogens with zero attached hydrogens (tertiary/aromatic N) is 4. The van der Waals surface area contributed by atoms with Gasteiger partial charge in [-0.1, -0.05) is 18.2 Å². The lowest BCUT2D eigenvalue weighted by molar-refractivity contribution is -0.138. The molecule has 22 heavy (non-hydrogen) atoms. The number of aromatic nitrogens is 4. The minimum absolute atomic E-state index is 0.00912. The van der Waals surface area contributed by atoms with E-state index in [0.717, 1.165) is 6.07 Å². The molecule has 3 rings (SSSR count). The zero-order valence-electron chi connectivity index (χ0n) is 11.6. The summed E-state index contributed by atoms with van der Waals surface area (Å²) in [6, 6.07) is 5.46. The predicted octanol–water partition coefficient (Wildman–Crippen LogP) is 2.94. The summed E-state index contributed by atoms with van der Waals surface area (Å²) in [5, 5.41) is 7.76. The second-order valence-electron chi connectivity index (χ2n) is 4.69. The van der Waals surface area contributed by atoms with Crippen molar-refractivity contribution in [2.45, 2.75) is 12.7 Å². The number of benzene rings is 1. The van der Waals surface area contributed by atoms with Crippen molar-refractivity contribution < 1.29 is 13.2 Å². The van der Waals surface area contributed by atoms with Crippen molar-refractivity contribution in [3.63, 3.8) is 0 Å². The van der Waals surface area contributed by atoms with Crippen LogP contribution in [0.3, 0.4) is 0 Å². The molecule has 0 bridgehead atoms. The summed E-state index contributed by atoms with van der Waals surface area (Å²) in [5.74, 6) is 0.584. The van der Waals surface area contributed by atoms with Crippen molar-refractivity contribution in [2.75, 3.05) is 12.4 Å². The van der Waals surface area contributed by atoms with Crippen molar-refractivity contribution in [1.29, 1.82) is 0 Å². The van der Waals surface area contributed by atoms with Crippen LogP contribution in [-0.2, 0) is 12.7 Å². The third kappa shape index (κ3) is 2.59. The van der Waals surface area contributed by atoms with Crippen LogP contribution in [0.15, 0.2) is 36.8 Å². The van der Waals surface area contributed by atoms with Gasteiger partial charge in [0.05, 0.1) is 17.5 Å². The van der Waals surface area contributed by atoms with Gasteiger partial charge in [0.2, 0.25) is 0 Å². The lowest BCUT2D eigenvalue weighted by atomic mass is 10.1. The molecular formula is C14H12F3N5. The van der Waals surface area contributed by atoms with Gasteiger partial charge in [-0.05, 0) is 11.6 Å². The molecule has 1 aromatic carbocycles. The highest BCUT2D eigenvalue weighted by molar-refractivity contribution is 5.85. The van der Waals surface area contributed by atoms with Gasteiger partial charge in [-0.25, -0.2) is 9.97 Å². The van der Waals surface area contributed by atoms with Crippen LogP contribution in [0.4, 0.5) is 19.0 Å². The van der Waals surface area contributed by atoms with Crippen LogP contribution in [0.25, 0.3) is 11.0 Å². The first-order chi connectivity index (χ1) is 10.5. The Kier molecular flexibility index (Phi) is 3.44. The molecule has 0 radical (unpaired) electrons. The van der Waals surface area contributed by atoms with Crippen molar-refractivity contribution in [3.05, 3.63) is 47.9 Å². The Morgan fingerprint density at radius 1 is 1.18 bits per heavy atom. The number of rotatable bonds is 3. The van der Waals surface area contributed by atoms with Gasteiger partial charge in [-0.2, -0.15) is 18.3 Å². The van der Waals surface area contributed by atoms with Gasteiger partial charge in [0.1, 0.15) is 12.1 Å². The lowest BCUT2D eigenvalue weighted by Gasteiger charge is -2.12. The van der Waals surface area contributed by atoms with Gasteiger partial charge >= 0.3 is 6.18 Å². The first kappa shape index (κ1) is 14.3. The van der Waals surface area contributed by atoms with E-state index in [1.54, 1.807) is 19.3 Å². The highest BCUT2D eigenvalue weighted by Gasteiger charge is 2.32. The van der Waals surface area contributed by atoms with E-state index in [2.05, 4.69) is 20.4 Å². The first-order valence-corrected chi connectivity index (χ1v) is 6.50. The standard InChI is InChI=1S/C14H12F3N5/c1-18-12-10-7-22(21-13(10)20-8-19-12)6-9-4-2-3-5-11(9)14(15,16)17/h2-5,7-8H,6H2,1H3,(H,18,19,20,21). The van der Waals surface area contributed by atoms with E-state index in [9.17, 15) is 13.2 Å². The maximum absolute atomic E-state index is 13.0. The Labute approximate surface area is 123 Å². The van der Waals surface area contributed by atoms with Crippen LogP contribution >= 0.6 is 0 Å². The number of nitrogens with one attached hydrogen (secondary N) is 1. The minimum Gasteiger partial charge on any atom is -0.372 e. The Hall–Kier alpha value is -2.64. The van der Waals surface area contributed by atoms with Crippen LogP contribution in [0.5, 0.6) is 0 Å². The summed E-state index contributed by atoms with van der Waals surface area (Å²) in [6.45, 7) is 0.00912. The number of hydrogen-bond donors (Lipinski definition) is 1. The van der Waals surface area contributed by atoms with E-state index in [4.69, 9.17) is 0 Å². The summed E-state index contributed by atoms with van der Waals surface area (Å²) < 4.78 is 40.5. The van der Waals surface area contributed by atoms with Crippen molar-refractivity contribution in [3.8, 4) is 0 Å². The van der Waals surface area contributed by atoms with E-state index >= 15 is 0 Å². The number of fused-ring (bicyclic) bond motifs is 1. The molecule has 0 amide bonds. The molecule has 0 saturated carbocycles. The fraction of sp³-hybridized carbons (Fsp3) is 0.214. The topological polar surface area (TPSA) is 55.6 Å². The van der Waals surface area contributed by atoms with Gasteiger partial charge in [-0.15, -0.1) is 0 Å². The number of hydrogen-bond acceptors (Lipinski definition) is 4. The van der Waals surface area contributed by atoms with Gasteiger partial charge in [-0.3, -0.25) is 4.68 Å². The molecule has 114 valence electrons. The third-order valence-corrected chi connectivity index (χ3v) is 3.26. The minimum atomic E-state index is -4.39. The largest absolute Gasteiger partial charge is 0.416 e. The van der Waals surface area contributed by atoms with Gasteiger partial charge < -0.3 is 5.32 Å². The highest BCUT2D eigenvalue weighted by atomic mass is 19.4. The highest BCUT2D eigenvalue weighted by Crippen LogP contribution is 2.32. The Morgan fingerprint density at radius 3 is 2.68 bits per heavy atom. The monoisotopic (exact) mass is 307 g/mol. The van der Waals surface area contributed by atoms with Crippen molar-refractivity contribution in [2.24, 2.45) is 0 Å². The molecule has 3 aromatic rings. The molecule has 0 atom stereocenters. The molecule has 0 fully saturated rings. The fourth-order valence-electron chi connectivity index (χ4n) is 2.27. The molecule has 2 aromatic heterocycles. The van der Waals surface area contributed by atoms with E-state index in [0.29, 0.717) is 16.9 Å². The third-order valence-electron chi connectivity index (χ3n) is 3.26. The second kappa shape index (κ2) is 5.28. The summed E-state index contributed by atoms with van der Waals surface area (Å²) in [6.07, 6.45) is -1.40. The van der Waals surface area contributed by atoms with Crippen LogP contribution in [0.1, 0.15) is 11.1 Å². The zero-order chi connectivity index (χ0) is 15.7. The lowest BCUT2D eigenvalue weighted by Crippen LogP contribution is -2.11. The average Bonchev–Trinajstić information content (AvgIpc) is 2.88. The smallest absolute Gasteiger partial charge is 0.372 e. The second-order valence-corrected chi connectivity index (χ2v) is 4.69. The SMILES string of the molecule is CNc1ncnc2nn(Cc3ccccc3C(F)(F)F)cc12. The quantitative estimate of drug-likeness (QED) is 0.808. The molecule has 0 aliphatic heterocycles. The van der Waals surface area contributed by atoms with E-state index < -0.39 is 11.7 Å². The first-order valence-electron chi connectivity index (χ1n) is 6.50. The Balaban J connectivity index is 2.01. The van der Waals surface area contributed by atoms with E-state index in [1.165, 1.54) is 23.1 Å². The van der Waals surface area contributed by atoms with Crippen LogP contribution in [0.2, 0.25) is 0 Å². The molecule has 8 heteroatoms. The van der Waals surface area contributed by atoms with Crippen LogP contribution in [-0.4, -0.2) is 26.8 Å². The number of halogens is 3. The number of alkyl halides is 3.